The summed E-state index contributed by atoms with van der Waals surface area (Å²) in [5.74, 6) is -1.96. The summed E-state index contributed by atoms with van der Waals surface area (Å²) >= 11 is 3.21. The Morgan fingerprint density at radius 1 is 1.22 bits per heavy atom. The fraction of sp³-hybridized carbons (Fsp3) is 0.154. The molecule has 0 spiro atoms. The number of aliphatic hydroxyl groups excluding tert-OH is 1. The quantitative estimate of drug-likeness (QED) is 0.920. The number of aliphatic hydroxyl groups is 1. The molecule has 0 radical (unpaired) electrons. The van der Waals surface area contributed by atoms with Crippen LogP contribution in [0, 0.1) is 18.6 Å². The second-order valence-corrected chi connectivity index (χ2v) is 4.85. The Bertz CT molecular complexity index is 589. The Kier molecular flexibility index (Phi) is 3.73. The molecule has 0 aliphatic heterocycles. The number of pyridine rings is 1. The molecule has 2 aromatic rings. The van der Waals surface area contributed by atoms with E-state index in [1.165, 1.54) is 25.3 Å². The van der Waals surface area contributed by atoms with Gasteiger partial charge in [-0.25, -0.2) is 8.78 Å². The summed E-state index contributed by atoms with van der Waals surface area (Å²) in [6.45, 7) is 1.47. The van der Waals surface area contributed by atoms with Crippen molar-refractivity contribution in [2.24, 2.45) is 0 Å². The predicted octanol–water partition coefficient (Wildman–Crippen LogP) is 3.51. The minimum absolute atomic E-state index is 0.0991. The Hall–Kier alpha value is -1.33. The van der Waals surface area contributed by atoms with E-state index in [4.69, 9.17) is 0 Å². The first kappa shape index (κ1) is 13.1. The van der Waals surface area contributed by atoms with Crippen LogP contribution in [0.3, 0.4) is 0 Å². The maximum atomic E-state index is 13.7. The summed E-state index contributed by atoms with van der Waals surface area (Å²) in [5, 5.41) is 10.0. The molecular formula is C13H10BrF2NO. The summed E-state index contributed by atoms with van der Waals surface area (Å²) in [6, 6.07) is 4.41. The average Bonchev–Trinajstić information content (AvgIpc) is 2.35. The van der Waals surface area contributed by atoms with Gasteiger partial charge < -0.3 is 5.11 Å². The van der Waals surface area contributed by atoms with Gasteiger partial charge in [0.1, 0.15) is 6.10 Å². The summed E-state index contributed by atoms with van der Waals surface area (Å²) in [6.07, 6.45) is 1.71. The summed E-state index contributed by atoms with van der Waals surface area (Å²) in [7, 11) is 0. The predicted molar refractivity (Wildman–Crippen MR) is 67.1 cm³/mol. The van der Waals surface area contributed by atoms with Crippen molar-refractivity contribution in [2.45, 2.75) is 13.0 Å². The van der Waals surface area contributed by atoms with Crippen molar-refractivity contribution < 1.29 is 13.9 Å². The molecule has 0 aliphatic carbocycles. The third-order valence-electron chi connectivity index (χ3n) is 2.64. The first-order valence-corrected chi connectivity index (χ1v) is 6.03. The second kappa shape index (κ2) is 5.12. The van der Waals surface area contributed by atoms with Gasteiger partial charge in [-0.05, 0) is 34.5 Å². The molecule has 18 heavy (non-hydrogen) atoms. The molecule has 1 unspecified atom stereocenters. The lowest BCUT2D eigenvalue weighted by molar-refractivity contribution is 0.212. The smallest absolute Gasteiger partial charge is 0.165 e. The molecule has 5 heteroatoms. The molecule has 0 aliphatic rings. The standard InChI is InChI=1S/C13H10BrF2NO/c1-7-2-3-10(12(16)11(7)15)13(18)8-4-9(14)6-17-5-8/h2-6,13,18H,1H3. The molecule has 1 aromatic heterocycles. The van der Waals surface area contributed by atoms with Gasteiger partial charge in [-0.1, -0.05) is 12.1 Å². The highest BCUT2D eigenvalue weighted by molar-refractivity contribution is 9.10. The fourth-order valence-electron chi connectivity index (χ4n) is 1.63. The van der Waals surface area contributed by atoms with Gasteiger partial charge >= 0.3 is 0 Å². The van der Waals surface area contributed by atoms with E-state index in [9.17, 15) is 13.9 Å². The Morgan fingerprint density at radius 2 is 1.94 bits per heavy atom. The molecule has 0 bridgehead atoms. The fourth-order valence-corrected chi connectivity index (χ4v) is 2.01. The van der Waals surface area contributed by atoms with E-state index < -0.39 is 17.7 Å². The summed E-state index contributed by atoms with van der Waals surface area (Å²) in [4.78, 5) is 3.88. The van der Waals surface area contributed by atoms with Crippen LogP contribution in [0.1, 0.15) is 22.8 Å². The summed E-state index contributed by atoms with van der Waals surface area (Å²) in [5.41, 5.74) is 0.500. The maximum Gasteiger partial charge on any atom is 0.165 e. The molecule has 1 N–H and O–H groups in total. The normalized spacial score (nSPS) is 12.5. The van der Waals surface area contributed by atoms with Crippen LogP contribution in [0.15, 0.2) is 35.1 Å². The third-order valence-corrected chi connectivity index (χ3v) is 3.08. The lowest BCUT2D eigenvalue weighted by atomic mass is 10.0. The number of rotatable bonds is 2. The van der Waals surface area contributed by atoms with Crippen molar-refractivity contribution in [2.75, 3.05) is 0 Å². The van der Waals surface area contributed by atoms with E-state index in [1.54, 1.807) is 12.3 Å². The Balaban J connectivity index is 2.46. The first-order valence-electron chi connectivity index (χ1n) is 5.23. The van der Waals surface area contributed by atoms with Crippen LogP contribution in [0.4, 0.5) is 8.78 Å². The van der Waals surface area contributed by atoms with E-state index in [2.05, 4.69) is 20.9 Å². The largest absolute Gasteiger partial charge is 0.383 e. The Labute approximate surface area is 111 Å². The van der Waals surface area contributed by atoms with Gasteiger partial charge in [0, 0.05) is 28.0 Å². The molecule has 94 valence electrons. The number of hydrogen-bond donors (Lipinski definition) is 1. The van der Waals surface area contributed by atoms with Crippen molar-refractivity contribution in [3.05, 3.63) is 63.4 Å². The Morgan fingerprint density at radius 3 is 2.61 bits per heavy atom. The zero-order chi connectivity index (χ0) is 13.3. The number of benzene rings is 1. The monoisotopic (exact) mass is 313 g/mol. The highest BCUT2D eigenvalue weighted by Crippen LogP contribution is 2.27. The van der Waals surface area contributed by atoms with Crippen molar-refractivity contribution in [1.82, 2.24) is 4.98 Å². The van der Waals surface area contributed by atoms with Crippen LogP contribution in [-0.2, 0) is 0 Å². The van der Waals surface area contributed by atoms with Crippen LogP contribution < -0.4 is 0 Å². The minimum Gasteiger partial charge on any atom is -0.383 e. The first-order chi connectivity index (χ1) is 8.50. The van der Waals surface area contributed by atoms with Gasteiger partial charge in [-0.3, -0.25) is 4.98 Å². The van der Waals surface area contributed by atoms with E-state index in [1.807, 2.05) is 0 Å². The number of halogens is 3. The summed E-state index contributed by atoms with van der Waals surface area (Å²) < 4.78 is 27.8. The van der Waals surface area contributed by atoms with Gasteiger partial charge in [0.25, 0.3) is 0 Å². The highest BCUT2D eigenvalue weighted by atomic mass is 79.9. The minimum atomic E-state index is -1.25. The lowest BCUT2D eigenvalue weighted by Gasteiger charge is -2.13. The topological polar surface area (TPSA) is 33.1 Å². The SMILES string of the molecule is Cc1ccc(C(O)c2cncc(Br)c2)c(F)c1F. The molecule has 0 amide bonds. The molecule has 1 heterocycles. The molecule has 2 nitrogen and oxygen atoms in total. The molecule has 2 rings (SSSR count). The van der Waals surface area contributed by atoms with E-state index >= 15 is 0 Å². The van der Waals surface area contributed by atoms with Gasteiger partial charge in [-0.2, -0.15) is 0 Å². The van der Waals surface area contributed by atoms with Gasteiger partial charge in [-0.15, -0.1) is 0 Å². The number of aromatic nitrogens is 1. The zero-order valence-corrected chi connectivity index (χ0v) is 11.1. The second-order valence-electron chi connectivity index (χ2n) is 3.94. The van der Waals surface area contributed by atoms with E-state index in [-0.39, 0.29) is 11.1 Å². The molecule has 1 aromatic carbocycles. The zero-order valence-electron chi connectivity index (χ0n) is 9.49. The van der Waals surface area contributed by atoms with E-state index in [0.29, 0.717) is 10.0 Å². The maximum absolute atomic E-state index is 13.7. The number of nitrogens with zero attached hydrogens (tertiary/aromatic N) is 1. The molecular weight excluding hydrogens is 304 g/mol. The average molecular weight is 314 g/mol. The van der Waals surface area contributed by atoms with Crippen LogP contribution in [0.2, 0.25) is 0 Å². The van der Waals surface area contributed by atoms with Crippen molar-refractivity contribution in [3.63, 3.8) is 0 Å². The van der Waals surface area contributed by atoms with Crippen molar-refractivity contribution in [1.29, 1.82) is 0 Å². The van der Waals surface area contributed by atoms with Crippen molar-refractivity contribution in [3.8, 4) is 0 Å². The molecule has 0 saturated carbocycles. The molecule has 0 saturated heterocycles. The van der Waals surface area contributed by atoms with Crippen LogP contribution >= 0.6 is 15.9 Å². The number of hydrogen-bond acceptors (Lipinski definition) is 2. The number of aryl methyl sites for hydroxylation is 1. The lowest BCUT2D eigenvalue weighted by Crippen LogP contribution is -2.05. The third kappa shape index (κ3) is 2.42. The highest BCUT2D eigenvalue weighted by Gasteiger charge is 2.19. The molecule has 1 atom stereocenters. The van der Waals surface area contributed by atoms with Crippen LogP contribution in [-0.4, -0.2) is 10.1 Å². The van der Waals surface area contributed by atoms with Gasteiger partial charge in [0.15, 0.2) is 11.6 Å². The van der Waals surface area contributed by atoms with Gasteiger partial charge in [0.2, 0.25) is 0 Å². The van der Waals surface area contributed by atoms with Crippen LogP contribution in [0.25, 0.3) is 0 Å². The molecule has 0 fully saturated rings. The van der Waals surface area contributed by atoms with E-state index in [0.717, 1.165) is 0 Å². The van der Waals surface area contributed by atoms with Crippen LogP contribution in [0.5, 0.6) is 0 Å². The van der Waals surface area contributed by atoms with Crippen molar-refractivity contribution >= 4 is 15.9 Å². The van der Waals surface area contributed by atoms with Gasteiger partial charge in [0.05, 0.1) is 0 Å².